The summed E-state index contributed by atoms with van der Waals surface area (Å²) >= 11 is 0. The van der Waals surface area contributed by atoms with Crippen molar-refractivity contribution in [2.45, 2.75) is 32.0 Å². The van der Waals surface area contributed by atoms with Crippen LogP contribution in [0.25, 0.3) is 0 Å². The summed E-state index contributed by atoms with van der Waals surface area (Å²) in [6.07, 6.45) is 1.31. The number of benzene rings is 1. The van der Waals surface area contributed by atoms with Gasteiger partial charge in [-0.2, -0.15) is 0 Å². The van der Waals surface area contributed by atoms with Gasteiger partial charge >= 0.3 is 0 Å². The number of hydrogen-bond acceptors (Lipinski definition) is 4. The second-order valence-electron chi connectivity index (χ2n) is 4.84. The van der Waals surface area contributed by atoms with Gasteiger partial charge in [0.1, 0.15) is 11.5 Å². The number of phenolic OH excluding ortho intramolecular Hbond substituents is 1. The van der Waals surface area contributed by atoms with Gasteiger partial charge in [0, 0.05) is 30.8 Å². The van der Waals surface area contributed by atoms with Gasteiger partial charge in [0.05, 0.1) is 13.2 Å². The van der Waals surface area contributed by atoms with Gasteiger partial charge in [-0.05, 0) is 26.5 Å². The number of aromatic hydroxyl groups is 1. The summed E-state index contributed by atoms with van der Waals surface area (Å²) in [4.78, 5) is 2.24. The van der Waals surface area contributed by atoms with E-state index < -0.39 is 0 Å². The normalized spacial score (nSPS) is 23.6. The molecule has 1 aromatic carbocycles. The molecule has 0 amide bonds. The van der Waals surface area contributed by atoms with E-state index >= 15 is 0 Å². The van der Waals surface area contributed by atoms with E-state index in [1.807, 2.05) is 12.1 Å². The number of ether oxygens (including phenoxy) is 2. The minimum atomic E-state index is 0.260. The Balaban J connectivity index is 2.04. The van der Waals surface area contributed by atoms with Crippen molar-refractivity contribution in [3.63, 3.8) is 0 Å². The quantitative estimate of drug-likeness (QED) is 0.889. The van der Waals surface area contributed by atoms with Crippen LogP contribution in [-0.4, -0.2) is 42.9 Å². The average Bonchev–Trinajstić information content (AvgIpc) is 2.78. The Bertz CT molecular complexity index is 408. The van der Waals surface area contributed by atoms with Crippen molar-refractivity contribution in [1.29, 1.82) is 0 Å². The summed E-state index contributed by atoms with van der Waals surface area (Å²) in [5, 5.41) is 9.94. The molecule has 2 rings (SSSR count). The van der Waals surface area contributed by atoms with E-state index in [4.69, 9.17) is 9.47 Å². The highest BCUT2D eigenvalue weighted by atomic mass is 16.5. The van der Waals surface area contributed by atoms with Crippen LogP contribution in [0.2, 0.25) is 0 Å². The summed E-state index contributed by atoms with van der Waals surface area (Å²) in [5.41, 5.74) is 0.914. The molecule has 0 saturated carbocycles. The fourth-order valence-corrected chi connectivity index (χ4v) is 2.49. The lowest BCUT2D eigenvalue weighted by molar-refractivity contribution is 0.0811. The van der Waals surface area contributed by atoms with E-state index in [-0.39, 0.29) is 11.9 Å². The maximum absolute atomic E-state index is 9.94. The minimum absolute atomic E-state index is 0.260. The number of hydrogen-bond donors (Lipinski definition) is 1. The van der Waals surface area contributed by atoms with Gasteiger partial charge < -0.3 is 14.6 Å². The third-order valence-electron chi connectivity index (χ3n) is 3.61. The second kappa shape index (κ2) is 5.59. The Labute approximate surface area is 108 Å². The van der Waals surface area contributed by atoms with Crippen LogP contribution in [0.5, 0.6) is 11.5 Å². The predicted octanol–water partition coefficient (Wildman–Crippen LogP) is 2.01. The number of rotatable bonds is 4. The second-order valence-corrected chi connectivity index (χ2v) is 4.84. The fourth-order valence-electron chi connectivity index (χ4n) is 2.49. The first-order chi connectivity index (χ1) is 8.61. The van der Waals surface area contributed by atoms with Crippen LogP contribution < -0.4 is 4.74 Å². The molecule has 1 saturated heterocycles. The molecule has 4 heteroatoms. The Morgan fingerprint density at radius 3 is 2.83 bits per heavy atom. The van der Waals surface area contributed by atoms with E-state index in [2.05, 4.69) is 18.9 Å². The summed E-state index contributed by atoms with van der Waals surface area (Å²) < 4.78 is 10.6. The average molecular weight is 251 g/mol. The molecule has 4 nitrogen and oxygen atoms in total. The summed E-state index contributed by atoms with van der Waals surface area (Å²) in [7, 11) is 3.66. The molecular formula is C14H21NO3. The molecule has 1 fully saturated rings. The lowest BCUT2D eigenvalue weighted by atomic mass is 10.1. The lowest BCUT2D eigenvalue weighted by Crippen LogP contribution is -2.36. The molecule has 1 N–H and O–H groups in total. The smallest absolute Gasteiger partial charge is 0.123 e. The molecule has 0 aromatic heterocycles. The van der Waals surface area contributed by atoms with Crippen LogP contribution in [0, 0.1) is 0 Å². The predicted molar refractivity (Wildman–Crippen MR) is 69.9 cm³/mol. The van der Waals surface area contributed by atoms with Gasteiger partial charge in [0.2, 0.25) is 0 Å². The maximum Gasteiger partial charge on any atom is 0.123 e. The number of nitrogens with zero attached hydrogens (tertiary/aromatic N) is 1. The fraction of sp³-hybridized carbons (Fsp3) is 0.571. The molecule has 0 bridgehead atoms. The summed E-state index contributed by atoms with van der Waals surface area (Å²) in [5.74, 6) is 0.962. The van der Waals surface area contributed by atoms with Crippen LogP contribution in [0.4, 0.5) is 0 Å². The molecule has 1 aliphatic rings. The minimum Gasteiger partial charge on any atom is -0.507 e. The zero-order valence-corrected chi connectivity index (χ0v) is 11.2. The van der Waals surface area contributed by atoms with Crippen molar-refractivity contribution in [2.24, 2.45) is 0 Å². The molecule has 18 heavy (non-hydrogen) atoms. The molecular weight excluding hydrogens is 230 g/mol. The number of phenols is 1. The Kier molecular flexibility index (Phi) is 4.09. The molecule has 0 aliphatic carbocycles. The van der Waals surface area contributed by atoms with Gasteiger partial charge in [0.15, 0.2) is 0 Å². The van der Waals surface area contributed by atoms with Crippen molar-refractivity contribution in [1.82, 2.24) is 4.90 Å². The van der Waals surface area contributed by atoms with E-state index in [1.54, 1.807) is 13.2 Å². The Morgan fingerprint density at radius 2 is 2.28 bits per heavy atom. The lowest BCUT2D eigenvalue weighted by Gasteiger charge is -2.26. The largest absolute Gasteiger partial charge is 0.507 e. The number of likely N-dealkylation sites (N-methyl/N-ethyl adjacent to an activating group) is 1. The zero-order valence-electron chi connectivity index (χ0n) is 11.2. The topological polar surface area (TPSA) is 41.9 Å². The molecule has 2 atom stereocenters. The van der Waals surface area contributed by atoms with E-state index in [0.717, 1.165) is 18.6 Å². The third-order valence-corrected chi connectivity index (χ3v) is 3.61. The standard InChI is InChI=1S/C14H21NO3/c1-10-13(6-7-18-10)15(2)9-11-4-5-12(17-3)8-14(11)16/h4-5,8,10,13,16H,6-7,9H2,1-3H3. The van der Waals surface area contributed by atoms with Crippen molar-refractivity contribution < 1.29 is 14.6 Å². The Morgan fingerprint density at radius 1 is 1.50 bits per heavy atom. The van der Waals surface area contributed by atoms with Crippen molar-refractivity contribution in [3.8, 4) is 11.5 Å². The highest BCUT2D eigenvalue weighted by molar-refractivity contribution is 5.39. The van der Waals surface area contributed by atoms with Gasteiger partial charge in [-0.25, -0.2) is 0 Å². The first-order valence-corrected chi connectivity index (χ1v) is 6.29. The maximum atomic E-state index is 9.94. The van der Waals surface area contributed by atoms with Crippen molar-refractivity contribution in [2.75, 3.05) is 20.8 Å². The van der Waals surface area contributed by atoms with Crippen LogP contribution in [0.1, 0.15) is 18.9 Å². The van der Waals surface area contributed by atoms with Gasteiger partial charge in [0.25, 0.3) is 0 Å². The monoisotopic (exact) mass is 251 g/mol. The van der Waals surface area contributed by atoms with Gasteiger partial charge in [-0.15, -0.1) is 0 Å². The SMILES string of the molecule is COc1ccc(CN(C)C2CCOC2C)c(O)c1. The molecule has 0 spiro atoms. The van der Waals surface area contributed by atoms with Gasteiger partial charge in [-0.3, -0.25) is 4.90 Å². The third kappa shape index (κ3) is 2.76. The molecule has 100 valence electrons. The molecule has 1 heterocycles. The van der Waals surface area contributed by atoms with Crippen LogP contribution in [0.3, 0.4) is 0 Å². The summed E-state index contributed by atoms with van der Waals surface area (Å²) in [6, 6.07) is 5.85. The zero-order chi connectivity index (χ0) is 13.1. The van der Waals surface area contributed by atoms with Crippen LogP contribution in [-0.2, 0) is 11.3 Å². The summed E-state index contributed by atoms with van der Waals surface area (Å²) in [6.45, 7) is 3.64. The highest BCUT2D eigenvalue weighted by Crippen LogP contribution is 2.26. The van der Waals surface area contributed by atoms with Crippen LogP contribution in [0.15, 0.2) is 18.2 Å². The molecule has 1 aliphatic heterocycles. The van der Waals surface area contributed by atoms with E-state index in [0.29, 0.717) is 18.3 Å². The number of methoxy groups -OCH3 is 1. The first kappa shape index (κ1) is 13.2. The first-order valence-electron chi connectivity index (χ1n) is 6.29. The van der Waals surface area contributed by atoms with Crippen LogP contribution >= 0.6 is 0 Å². The van der Waals surface area contributed by atoms with E-state index in [9.17, 15) is 5.11 Å². The molecule has 0 radical (unpaired) electrons. The Hall–Kier alpha value is -1.26. The molecule has 2 unspecified atom stereocenters. The van der Waals surface area contributed by atoms with Crippen molar-refractivity contribution in [3.05, 3.63) is 23.8 Å². The highest BCUT2D eigenvalue weighted by Gasteiger charge is 2.28. The molecule has 1 aromatic rings. The van der Waals surface area contributed by atoms with E-state index in [1.165, 1.54) is 0 Å². The van der Waals surface area contributed by atoms with Gasteiger partial charge in [-0.1, -0.05) is 6.07 Å². The van der Waals surface area contributed by atoms with Crippen molar-refractivity contribution >= 4 is 0 Å².